The molecule has 0 aliphatic carbocycles. The van der Waals surface area contributed by atoms with Gasteiger partial charge in [0.1, 0.15) is 6.04 Å². The van der Waals surface area contributed by atoms with Crippen molar-refractivity contribution in [2.45, 2.75) is 40.2 Å². The minimum absolute atomic E-state index is 0.347. The number of rotatable bonds is 4. The Morgan fingerprint density at radius 3 is 2.18 bits per heavy atom. The van der Waals surface area contributed by atoms with E-state index in [0.29, 0.717) is 5.41 Å². The number of hydrogen-bond acceptors (Lipinski definition) is 3. The summed E-state index contributed by atoms with van der Waals surface area (Å²) < 4.78 is 0. The van der Waals surface area contributed by atoms with E-state index in [1.807, 2.05) is 0 Å². The van der Waals surface area contributed by atoms with Crippen LogP contribution in [0.3, 0.4) is 0 Å². The second kappa shape index (κ2) is 5.83. The van der Waals surface area contributed by atoms with Gasteiger partial charge in [-0.05, 0) is 25.3 Å². The minimum Gasteiger partial charge on any atom is -0.480 e. The Morgan fingerprint density at radius 2 is 1.76 bits per heavy atom. The molecule has 0 bridgehead atoms. The lowest BCUT2D eigenvalue weighted by molar-refractivity contribution is -0.143. The SMILES string of the molecule is C[C@@H](C(=O)O)N1CCN(CCC(C)(C)C)CC1. The molecule has 1 atom stereocenters. The number of piperazine rings is 1. The number of hydrogen-bond donors (Lipinski definition) is 1. The molecular weight excluding hydrogens is 216 g/mol. The molecule has 0 aromatic carbocycles. The monoisotopic (exact) mass is 242 g/mol. The van der Waals surface area contributed by atoms with Gasteiger partial charge in [0.2, 0.25) is 0 Å². The first-order valence-corrected chi connectivity index (χ1v) is 6.49. The van der Waals surface area contributed by atoms with E-state index in [9.17, 15) is 4.79 Å². The molecule has 1 rings (SSSR count). The first-order valence-electron chi connectivity index (χ1n) is 6.49. The van der Waals surface area contributed by atoms with Gasteiger partial charge in [-0.25, -0.2) is 0 Å². The standard InChI is InChI=1S/C13H26N2O2/c1-11(12(16)17)15-9-7-14(8-10-15)6-5-13(2,3)4/h11H,5-10H2,1-4H3,(H,16,17)/t11-/m0/s1. The fourth-order valence-corrected chi connectivity index (χ4v) is 2.02. The molecule has 4 nitrogen and oxygen atoms in total. The van der Waals surface area contributed by atoms with Crippen LogP contribution in [0.25, 0.3) is 0 Å². The number of nitrogens with zero attached hydrogens (tertiary/aromatic N) is 2. The predicted octanol–water partition coefficient (Wildman–Crippen LogP) is 1.51. The molecule has 1 heterocycles. The van der Waals surface area contributed by atoms with Crippen LogP contribution in [0.2, 0.25) is 0 Å². The summed E-state index contributed by atoms with van der Waals surface area (Å²) in [5.74, 6) is -0.715. The molecule has 1 saturated heterocycles. The second-order valence-electron chi connectivity index (χ2n) is 6.20. The quantitative estimate of drug-likeness (QED) is 0.811. The first-order chi connectivity index (χ1) is 7.79. The number of carboxylic acid groups (broad SMARTS) is 1. The highest BCUT2D eigenvalue weighted by atomic mass is 16.4. The maximum atomic E-state index is 10.9. The van der Waals surface area contributed by atoms with Crippen LogP contribution in [0.1, 0.15) is 34.1 Å². The summed E-state index contributed by atoms with van der Waals surface area (Å²) in [4.78, 5) is 15.4. The predicted molar refractivity (Wildman–Crippen MR) is 69.2 cm³/mol. The van der Waals surface area contributed by atoms with Crippen molar-refractivity contribution in [2.24, 2.45) is 5.41 Å². The minimum atomic E-state index is -0.715. The highest BCUT2D eigenvalue weighted by Gasteiger charge is 2.25. The molecule has 0 saturated carbocycles. The summed E-state index contributed by atoms with van der Waals surface area (Å²) in [6.45, 7) is 13.4. The van der Waals surface area contributed by atoms with Crippen molar-refractivity contribution >= 4 is 5.97 Å². The Kier molecular flexibility index (Phi) is 4.95. The lowest BCUT2D eigenvalue weighted by Gasteiger charge is -2.37. The second-order valence-corrected chi connectivity index (χ2v) is 6.20. The molecule has 0 aromatic heterocycles. The molecule has 0 amide bonds. The smallest absolute Gasteiger partial charge is 0.320 e. The van der Waals surface area contributed by atoms with Crippen LogP contribution < -0.4 is 0 Å². The summed E-state index contributed by atoms with van der Waals surface area (Å²) in [5.41, 5.74) is 0.380. The largest absolute Gasteiger partial charge is 0.480 e. The van der Waals surface area contributed by atoms with Gasteiger partial charge in [-0.3, -0.25) is 9.69 Å². The van der Waals surface area contributed by atoms with Crippen LogP contribution in [0.15, 0.2) is 0 Å². The fourth-order valence-electron chi connectivity index (χ4n) is 2.02. The van der Waals surface area contributed by atoms with Crippen molar-refractivity contribution in [1.82, 2.24) is 9.80 Å². The third-order valence-corrected chi connectivity index (χ3v) is 3.49. The van der Waals surface area contributed by atoms with Gasteiger partial charge in [0.25, 0.3) is 0 Å². The molecule has 0 unspecified atom stereocenters. The average molecular weight is 242 g/mol. The van der Waals surface area contributed by atoms with Crippen LogP contribution >= 0.6 is 0 Å². The van der Waals surface area contributed by atoms with Crippen molar-refractivity contribution in [3.05, 3.63) is 0 Å². The zero-order valence-electron chi connectivity index (χ0n) is 11.6. The first kappa shape index (κ1) is 14.5. The summed E-state index contributed by atoms with van der Waals surface area (Å²) >= 11 is 0. The molecule has 1 aliphatic heterocycles. The maximum Gasteiger partial charge on any atom is 0.320 e. The topological polar surface area (TPSA) is 43.8 Å². The maximum absolute atomic E-state index is 10.9. The van der Waals surface area contributed by atoms with Crippen molar-refractivity contribution in [2.75, 3.05) is 32.7 Å². The molecule has 1 fully saturated rings. The van der Waals surface area contributed by atoms with Crippen molar-refractivity contribution in [1.29, 1.82) is 0 Å². The lowest BCUT2D eigenvalue weighted by Crippen LogP contribution is -2.52. The van der Waals surface area contributed by atoms with Crippen LogP contribution in [-0.2, 0) is 4.79 Å². The number of carbonyl (C=O) groups is 1. The molecule has 100 valence electrons. The van der Waals surface area contributed by atoms with Gasteiger partial charge >= 0.3 is 5.97 Å². The van der Waals surface area contributed by atoms with E-state index in [4.69, 9.17) is 5.11 Å². The van der Waals surface area contributed by atoms with Crippen LogP contribution in [0, 0.1) is 5.41 Å². The number of aliphatic carboxylic acids is 1. The van der Waals surface area contributed by atoms with E-state index in [-0.39, 0.29) is 6.04 Å². The highest BCUT2D eigenvalue weighted by Crippen LogP contribution is 2.19. The van der Waals surface area contributed by atoms with Crippen molar-refractivity contribution in [3.8, 4) is 0 Å². The van der Waals surface area contributed by atoms with Crippen molar-refractivity contribution in [3.63, 3.8) is 0 Å². The third kappa shape index (κ3) is 5.04. The van der Waals surface area contributed by atoms with E-state index in [1.165, 1.54) is 6.42 Å². The molecule has 0 radical (unpaired) electrons. The Morgan fingerprint density at radius 1 is 1.24 bits per heavy atom. The molecule has 1 N–H and O–H groups in total. The van der Waals surface area contributed by atoms with Gasteiger partial charge < -0.3 is 10.0 Å². The third-order valence-electron chi connectivity index (χ3n) is 3.49. The van der Waals surface area contributed by atoms with Crippen LogP contribution in [0.4, 0.5) is 0 Å². The Labute approximate surface area is 105 Å². The summed E-state index contributed by atoms with van der Waals surface area (Å²) in [6.07, 6.45) is 1.20. The van der Waals surface area contributed by atoms with Gasteiger partial charge in [0, 0.05) is 26.2 Å². The normalized spacial score (nSPS) is 21.4. The van der Waals surface area contributed by atoms with Crippen molar-refractivity contribution < 1.29 is 9.90 Å². The van der Waals surface area contributed by atoms with Gasteiger partial charge in [0.05, 0.1) is 0 Å². The van der Waals surface area contributed by atoms with Crippen LogP contribution in [-0.4, -0.2) is 59.6 Å². The number of carboxylic acids is 1. The molecule has 0 spiro atoms. The average Bonchev–Trinajstić information content (AvgIpc) is 2.25. The fraction of sp³-hybridized carbons (Fsp3) is 0.923. The summed E-state index contributed by atoms with van der Waals surface area (Å²) in [5, 5.41) is 8.95. The summed E-state index contributed by atoms with van der Waals surface area (Å²) in [6, 6.07) is -0.347. The Bertz CT molecular complexity index is 253. The van der Waals surface area contributed by atoms with Gasteiger partial charge in [-0.15, -0.1) is 0 Å². The zero-order chi connectivity index (χ0) is 13.1. The molecule has 1 aliphatic rings. The molecule has 4 heteroatoms. The Hall–Kier alpha value is -0.610. The van der Waals surface area contributed by atoms with E-state index < -0.39 is 5.97 Å². The lowest BCUT2D eigenvalue weighted by atomic mass is 9.92. The summed E-state index contributed by atoms with van der Waals surface area (Å²) in [7, 11) is 0. The van der Waals surface area contributed by atoms with E-state index in [2.05, 4.69) is 30.6 Å². The van der Waals surface area contributed by atoms with E-state index in [1.54, 1.807) is 6.92 Å². The van der Waals surface area contributed by atoms with Gasteiger partial charge in [0.15, 0.2) is 0 Å². The van der Waals surface area contributed by atoms with E-state index in [0.717, 1.165) is 32.7 Å². The molecule has 17 heavy (non-hydrogen) atoms. The zero-order valence-corrected chi connectivity index (χ0v) is 11.6. The van der Waals surface area contributed by atoms with E-state index >= 15 is 0 Å². The van der Waals surface area contributed by atoms with Gasteiger partial charge in [-0.1, -0.05) is 20.8 Å². The molecular formula is C13H26N2O2. The van der Waals surface area contributed by atoms with Gasteiger partial charge in [-0.2, -0.15) is 0 Å². The molecule has 0 aromatic rings. The van der Waals surface area contributed by atoms with Crippen LogP contribution in [0.5, 0.6) is 0 Å². The highest BCUT2D eigenvalue weighted by molar-refractivity contribution is 5.72. The Balaban J connectivity index is 2.29.